The van der Waals surface area contributed by atoms with Crippen LogP contribution in [0.25, 0.3) is 0 Å². The number of rotatable bonds is 51. The van der Waals surface area contributed by atoms with Gasteiger partial charge in [0.1, 0.15) is 13.2 Å². The lowest BCUT2D eigenvalue weighted by Crippen LogP contribution is -2.30. The molecule has 0 saturated heterocycles. The van der Waals surface area contributed by atoms with Crippen molar-refractivity contribution in [2.75, 3.05) is 13.2 Å². The highest BCUT2D eigenvalue weighted by atomic mass is 16.6. The van der Waals surface area contributed by atoms with Crippen LogP contribution >= 0.6 is 0 Å². The molecule has 0 aromatic carbocycles. The summed E-state index contributed by atoms with van der Waals surface area (Å²) < 4.78 is 16.8. The van der Waals surface area contributed by atoms with Crippen LogP contribution in [0.4, 0.5) is 0 Å². The van der Waals surface area contributed by atoms with E-state index in [1.807, 2.05) is 0 Å². The second-order valence-electron chi connectivity index (χ2n) is 18.8. The molecule has 0 bridgehead atoms. The van der Waals surface area contributed by atoms with Crippen LogP contribution in [0.2, 0.25) is 0 Å². The van der Waals surface area contributed by atoms with Crippen LogP contribution in [0.1, 0.15) is 278 Å². The summed E-state index contributed by atoms with van der Waals surface area (Å²) in [4.78, 5) is 38.1. The standard InChI is InChI=1S/C61H106O6/c1-4-7-10-13-16-19-22-25-28-30-33-36-39-42-45-48-51-54-60(63)66-57-58(56-65-59(62)53-50-47-44-41-38-35-32-27-24-21-18-15-12-9-6-3)67-61(64)55-52-49-46-43-40-37-34-31-29-26-23-20-17-14-11-8-5-2/h16,18-19,21,25,27-28,32-33,36,42,45,58H,4-15,17,20,22-24,26,29-31,34-35,37-41,43-44,46-57H2,1-3H3/t58-/m1/s1. The molecule has 0 saturated carbocycles. The van der Waals surface area contributed by atoms with Gasteiger partial charge in [-0.2, -0.15) is 0 Å². The monoisotopic (exact) mass is 935 g/mol. The molecule has 0 amide bonds. The SMILES string of the molecule is CCCCCC=CCC=CCC=CCC=CCCCC(=O)OC[C@@H](COC(=O)CCCCCCCC=CCC=CCCCCC)OC(=O)CCCCCCCCCCCCCCCCCCC. The normalized spacial score (nSPS) is 12.6. The average Bonchev–Trinajstić information content (AvgIpc) is 3.33. The van der Waals surface area contributed by atoms with Crippen LogP contribution in [0.5, 0.6) is 0 Å². The molecule has 0 aliphatic carbocycles. The molecular formula is C61H106O6. The van der Waals surface area contributed by atoms with E-state index < -0.39 is 6.10 Å². The maximum atomic E-state index is 12.8. The molecule has 0 heterocycles. The Labute approximate surface area is 414 Å². The van der Waals surface area contributed by atoms with E-state index in [1.165, 1.54) is 141 Å². The highest BCUT2D eigenvalue weighted by molar-refractivity contribution is 5.71. The molecule has 0 aromatic rings. The van der Waals surface area contributed by atoms with E-state index in [0.717, 1.165) is 89.9 Å². The smallest absolute Gasteiger partial charge is 0.306 e. The molecule has 0 aliphatic heterocycles. The largest absolute Gasteiger partial charge is 0.462 e. The topological polar surface area (TPSA) is 78.9 Å². The molecule has 6 heteroatoms. The van der Waals surface area contributed by atoms with E-state index >= 15 is 0 Å². The zero-order valence-corrected chi connectivity index (χ0v) is 44.2. The van der Waals surface area contributed by atoms with E-state index in [1.54, 1.807) is 0 Å². The number of hydrogen-bond donors (Lipinski definition) is 0. The minimum atomic E-state index is -0.802. The number of unbranched alkanes of at least 4 members (excludes halogenated alkanes) is 28. The van der Waals surface area contributed by atoms with E-state index in [-0.39, 0.29) is 37.5 Å². The summed E-state index contributed by atoms with van der Waals surface area (Å²) in [7, 11) is 0. The van der Waals surface area contributed by atoms with Crippen molar-refractivity contribution in [3.05, 3.63) is 72.9 Å². The predicted molar refractivity (Wildman–Crippen MR) is 288 cm³/mol. The van der Waals surface area contributed by atoms with Crippen LogP contribution in [0, 0.1) is 0 Å². The third-order valence-electron chi connectivity index (χ3n) is 12.2. The summed E-state index contributed by atoms with van der Waals surface area (Å²) in [6.07, 6.45) is 70.3. The van der Waals surface area contributed by atoms with Crippen molar-refractivity contribution >= 4 is 17.9 Å². The third kappa shape index (κ3) is 53.7. The summed E-state index contributed by atoms with van der Waals surface area (Å²) in [6.45, 7) is 6.55. The summed E-state index contributed by atoms with van der Waals surface area (Å²) in [6, 6.07) is 0. The molecular weight excluding hydrogens is 829 g/mol. The number of allylic oxidation sites excluding steroid dienone is 12. The van der Waals surface area contributed by atoms with Crippen LogP contribution in [-0.2, 0) is 28.6 Å². The van der Waals surface area contributed by atoms with Gasteiger partial charge in [0.25, 0.3) is 0 Å². The van der Waals surface area contributed by atoms with Gasteiger partial charge in [0.2, 0.25) is 0 Å². The second kappa shape index (κ2) is 55.4. The van der Waals surface area contributed by atoms with Gasteiger partial charge in [0, 0.05) is 19.3 Å². The highest BCUT2D eigenvalue weighted by Gasteiger charge is 2.19. The lowest BCUT2D eigenvalue weighted by atomic mass is 10.0. The van der Waals surface area contributed by atoms with Crippen molar-refractivity contribution in [1.82, 2.24) is 0 Å². The number of esters is 3. The molecule has 0 unspecified atom stereocenters. The minimum absolute atomic E-state index is 0.0978. The molecule has 0 radical (unpaired) electrons. The number of ether oxygens (including phenoxy) is 3. The van der Waals surface area contributed by atoms with E-state index in [0.29, 0.717) is 19.3 Å². The molecule has 0 rings (SSSR count). The van der Waals surface area contributed by atoms with Crippen LogP contribution in [-0.4, -0.2) is 37.2 Å². The highest BCUT2D eigenvalue weighted by Crippen LogP contribution is 2.16. The molecule has 386 valence electrons. The first-order chi connectivity index (χ1) is 33.0. The first kappa shape index (κ1) is 63.8. The molecule has 0 spiro atoms. The lowest BCUT2D eigenvalue weighted by Gasteiger charge is -2.18. The summed E-state index contributed by atoms with van der Waals surface area (Å²) in [5.74, 6) is -0.959. The summed E-state index contributed by atoms with van der Waals surface area (Å²) >= 11 is 0. The van der Waals surface area contributed by atoms with Crippen LogP contribution < -0.4 is 0 Å². The maximum Gasteiger partial charge on any atom is 0.306 e. The zero-order chi connectivity index (χ0) is 48.6. The second-order valence-corrected chi connectivity index (χ2v) is 18.8. The molecule has 0 aliphatic rings. The Morgan fingerprint density at radius 1 is 0.299 bits per heavy atom. The van der Waals surface area contributed by atoms with Crippen molar-refractivity contribution in [3.63, 3.8) is 0 Å². The van der Waals surface area contributed by atoms with Crippen molar-refractivity contribution < 1.29 is 28.6 Å². The van der Waals surface area contributed by atoms with Gasteiger partial charge in [0.05, 0.1) is 0 Å². The predicted octanol–water partition coefficient (Wildman–Crippen LogP) is 19.0. The van der Waals surface area contributed by atoms with Gasteiger partial charge in [-0.05, 0) is 89.9 Å². The Balaban J connectivity index is 4.47. The molecule has 0 fully saturated rings. The Kier molecular flexibility index (Phi) is 52.8. The molecule has 6 nitrogen and oxygen atoms in total. The van der Waals surface area contributed by atoms with E-state index in [4.69, 9.17) is 14.2 Å². The average molecular weight is 936 g/mol. The number of carbonyl (C=O) groups is 3. The third-order valence-corrected chi connectivity index (χ3v) is 12.2. The van der Waals surface area contributed by atoms with Gasteiger partial charge in [-0.15, -0.1) is 0 Å². The first-order valence-electron chi connectivity index (χ1n) is 28.4. The minimum Gasteiger partial charge on any atom is -0.462 e. The van der Waals surface area contributed by atoms with Gasteiger partial charge < -0.3 is 14.2 Å². The van der Waals surface area contributed by atoms with E-state index in [2.05, 4.69) is 93.7 Å². The zero-order valence-electron chi connectivity index (χ0n) is 44.2. The van der Waals surface area contributed by atoms with Crippen molar-refractivity contribution in [1.29, 1.82) is 0 Å². The van der Waals surface area contributed by atoms with Gasteiger partial charge in [0.15, 0.2) is 6.10 Å². The summed E-state index contributed by atoms with van der Waals surface area (Å²) in [5, 5.41) is 0. The van der Waals surface area contributed by atoms with Crippen molar-refractivity contribution in [2.45, 2.75) is 284 Å². The molecule has 1 atom stereocenters. The Hall–Kier alpha value is -3.15. The van der Waals surface area contributed by atoms with Crippen LogP contribution in [0.3, 0.4) is 0 Å². The Morgan fingerprint density at radius 2 is 0.552 bits per heavy atom. The number of hydrogen-bond acceptors (Lipinski definition) is 6. The quantitative estimate of drug-likeness (QED) is 0.0262. The van der Waals surface area contributed by atoms with Gasteiger partial charge in [-0.25, -0.2) is 0 Å². The van der Waals surface area contributed by atoms with Crippen molar-refractivity contribution in [2.24, 2.45) is 0 Å². The fourth-order valence-corrected chi connectivity index (χ4v) is 7.88. The van der Waals surface area contributed by atoms with Gasteiger partial charge in [-0.1, -0.05) is 241 Å². The molecule has 0 N–H and O–H groups in total. The Morgan fingerprint density at radius 3 is 0.925 bits per heavy atom. The molecule has 67 heavy (non-hydrogen) atoms. The fraction of sp³-hybridized carbons (Fsp3) is 0.754. The van der Waals surface area contributed by atoms with Gasteiger partial charge >= 0.3 is 17.9 Å². The first-order valence-corrected chi connectivity index (χ1v) is 28.4. The van der Waals surface area contributed by atoms with Crippen molar-refractivity contribution in [3.8, 4) is 0 Å². The van der Waals surface area contributed by atoms with Gasteiger partial charge in [-0.3, -0.25) is 14.4 Å². The van der Waals surface area contributed by atoms with E-state index in [9.17, 15) is 14.4 Å². The summed E-state index contributed by atoms with van der Waals surface area (Å²) in [5.41, 5.74) is 0. The van der Waals surface area contributed by atoms with Crippen LogP contribution in [0.15, 0.2) is 72.9 Å². The lowest BCUT2D eigenvalue weighted by molar-refractivity contribution is -0.167. The maximum absolute atomic E-state index is 12.8. The Bertz CT molecular complexity index is 1260. The number of carbonyl (C=O) groups excluding carboxylic acids is 3. The molecule has 0 aromatic heterocycles. The fourth-order valence-electron chi connectivity index (χ4n) is 7.88.